The molecule has 0 atom stereocenters. The van der Waals surface area contributed by atoms with Gasteiger partial charge in [0, 0.05) is 18.8 Å². The molecule has 1 aliphatic rings. The van der Waals surface area contributed by atoms with Crippen LogP contribution in [-0.2, 0) is 18.4 Å². The highest BCUT2D eigenvalue weighted by molar-refractivity contribution is 6.52. The van der Waals surface area contributed by atoms with Crippen LogP contribution in [0.4, 0.5) is 5.69 Å². The molecule has 1 aromatic heterocycles. The van der Waals surface area contributed by atoms with Crippen LogP contribution < -0.4 is 9.64 Å². The first-order valence-corrected chi connectivity index (χ1v) is 6.12. The second-order valence-electron chi connectivity index (χ2n) is 4.63. The normalized spacial score (nSPS) is 13.8. The van der Waals surface area contributed by atoms with Crippen LogP contribution in [0.1, 0.15) is 15.9 Å². The molecule has 0 aliphatic carbocycles. The molecule has 0 radical (unpaired) electrons. The van der Waals surface area contributed by atoms with Crippen molar-refractivity contribution in [2.75, 3.05) is 12.0 Å². The van der Waals surface area contributed by atoms with Crippen LogP contribution in [-0.4, -0.2) is 28.6 Å². The molecule has 2 heterocycles. The van der Waals surface area contributed by atoms with Gasteiger partial charge in [0.25, 0.3) is 11.7 Å². The van der Waals surface area contributed by atoms with Gasteiger partial charge in [-0.3, -0.25) is 14.3 Å². The van der Waals surface area contributed by atoms with Gasteiger partial charge in [-0.15, -0.1) is 0 Å². The van der Waals surface area contributed by atoms with Crippen LogP contribution in [0.25, 0.3) is 0 Å². The van der Waals surface area contributed by atoms with Crippen molar-refractivity contribution in [2.45, 2.75) is 6.54 Å². The minimum Gasteiger partial charge on any atom is -0.497 e. The molecular formula is C14H13N3O3. The molecule has 0 spiro atoms. The molecule has 0 bridgehead atoms. The lowest BCUT2D eigenvalue weighted by Crippen LogP contribution is -2.28. The molecule has 1 aliphatic heterocycles. The summed E-state index contributed by atoms with van der Waals surface area (Å²) in [7, 11) is 3.33. The first-order valence-electron chi connectivity index (χ1n) is 6.12. The van der Waals surface area contributed by atoms with Crippen LogP contribution in [0, 0.1) is 0 Å². The number of aromatic nitrogens is 2. The molecule has 6 heteroatoms. The van der Waals surface area contributed by atoms with Crippen molar-refractivity contribution in [3.05, 3.63) is 41.7 Å². The number of hydrogen-bond acceptors (Lipinski definition) is 4. The Hall–Kier alpha value is -2.63. The summed E-state index contributed by atoms with van der Waals surface area (Å²) in [6, 6.07) is 5.06. The fraction of sp³-hybridized carbons (Fsp3) is 0.214. The van der Waals surface area contributed by atoms with E-state index >= 15 is 0 Å². The Morgan fingerprint density at radius 1 is 1.30 bits per heavy atom. The topological polar surface area (TPSA) is 64.4 Å². The number of methoxy groups -OCH3 is 1. The summed E-state index contributed by atoms with van der Waals surface area (Å²) in [5.41, 5.74) is 1.88. The van der Waals surface area contributed by atoms with Gasteiger partial charge in [-0.05, 0) is 18.2 Å². The van der Waals surface area contributed by atoms with Crippen LogP contribution >= 0.6 is 0 Å². The number of ether oxygens (including phenoxy) is 1. The Morgan fingerprint density at radius 3 is 2.75 bits per heavy atom. The zero-order valence-corrected chi connectivity index (χ0v) is 11.2. The Balaban J connectivity index is 1.98. The summed E-state index contributed by atoms with van der Waals surface area (Å²) >= 11 is 0. The van der Waals surface area contributed by atoms with Crippen molar-refractivity contribution in [3.8, 4) is 5.75 Å². The first-order chi connectivity index (χ1) is 9.60. The average Bonchev–Trinajstić information content (AvgIpc) is 2.96. The van der Waals surface area contributed by atoms with Crippen molar-refractivity contribution >= 4 is 17.4 Å². The molecule has 0 saturated carbocycles. The van der Waals surface area contributed by atoms with Crippen molar-refractivity contribution in [3.63, 3.8) is 0 Å². The predicted octanol–water partition coefficient (Wildman–Crippen LogP) is 1.16. The summed E-state index contributed by atoms with van der Waals surface area (Å²) in [6.07, 6.45) is 3.50. The number of amides is 1. The fourth-order valence-electron chi connectivity index (χ4n) is 2.30. The van der Waals surface area contributed by atoms with E-state index in [2.05, 4.69) is 5.10 Å². The summed E-state index contributed by atoms with van der Waals surface area (Å²) in [5, 5.41) is 4.06. The minimum absolute atomic E-state index is 0.331. The third-order valence-electron chi connectivity index (χ3n) is 3.28. The molecule has 102 valence electrons. The molecule has 20 heavy (non-hydrogen) atoms. The molecule has 1 amide bonds. The number of ketones is 1. The molecule has 0 N–H and O–H groups in total. The zero-order valence-electron chi connectivity index (χ0n) is 11.2. The van der Waals surface area contributed by atoms with Gasteiger partial charge in [0.05, 0.1) is 31.1 Å². The lowest BCUT2D eigenvalue weighted by Gasteiger charge is -2.15. The van der Waals surface area contributed by atoms with E-state index in [4.69, 9.17) is 4.74 Å². The van der Waals surface area contributed by atoms with E-state index in [1.165, 1.54) is 12.0 Å². The predicted molar refractivity (Wildman–Crippen MR) is 71.7 cm³/mol. The van der Waals surface area contributed by atoms with Crippen molar-refractivity contribution in [1.82, 2.24) is 9.78 Å². The number of benzene rings is 1. The van der Waals surface area contributed by atoms with Crippen molar-refractivity contribution in [2.24, 2.45) is 7.05 Å². The molecule has 0 unspecified atom stereocenters. The van der Waals surface area contributed by atoms with E-state index in [-0.39, 0.29) is 0 Å². The maximum absolute atomic E-state index is 12.1. The molecular weight excluding hydrogens is 258 g/mol. The molecule has 0 fully saturated rings. The Labute approximate surface area is 115 Å². The van der Waals surface area contributed by atoms with Crippen molar-refractivity contribution in [1.29, 1.82) is 0 Å². The van der Waals surface area contributed by atoms with Crippen LogP contribution in [0.3, 0.4) is 0 Å². The fourth-order valence-corrected chi connectivity index (χ4v) is 2.30. The van der Waals surface area contributed by atoms with Gasteiger partial charge in [0.2, 0.25) is 0 Å². The Bertz CT molecular complexity index is 705. The average molecular weight is 271 g/mol. The molecule has 3 rings (SSSR count). The van der Waals surface area contributed by atoms with Gasteiger partial charge in [-0.25, -0.2) is 0 Å². The van der Waals surface area contributed by atoms with Crippen LogP contribution in [0.15, 0.2) is 30.6 Å². The maximum atomic E-state index is 12.1. The monoisotopic (exact) mass is 271 g/mol. The third-order valence-corrected chi connectivity index (χ3v) is 3.28. The highest BCUT2D eigenvalue weighted by atomic mass is 16.5. The second-order valence-corrected chi connectivity index (χ2v) is 4.63. The second kappa shape index (κ2) is 4.48. The van der Waals surface area contributed by atoms with Gasteiger partial charge in [-0.2, -0.15) is 5.10 Å². The molecule has 1 aromatic carbocycles. The number of carbonyl (C=O) groups excluding carboxylic acids is 2. The number of rotatable bonds is 3. The van der Waals surface area contributed by atoms with E-state index in [0.717, 1.165) is 5.56 Å². The Morgan fingerprint density at radius 2 is 2.10 bits per heavy atom. The van der Waals surface area contributed by atoms with Gasteiger partial charge >= 0.3 is 0 Å². The zero-order chi connectivity index (χ0) is 14.3. The summed E-state index contributed by atoms with van der Waals surface area (Å²) in [5.74, 6) is -0.451. The molecule has 2 aromatic rings. The smallest absolute Gasteiger partial charge is 0.299 e. The number of anilines is 1. The van der Waals surface area contributed by atoms with Gasteiger partial charge in [0.1, 0.15) is 5.75 Å². The van der Waals surface area contributed by atoms with E-state index in [9.17, 15) is 9.59 Å². The maximum Gasteiger partial charge on any atom is 0.299 e. The molecule has 6 nitrogen and oxygen atoms in total. The quantitative estimate of drug-likeness (QED) is 0.786. The lowest BCUT2D eigenvalue weighted by molar-refractivity contribution is -0.114. The number of fused-ring (bicyclic) bond motifs is 1. The Kier molecular flexibility index (Phi) is 2.78. The van der Waals surface area contributed by atoms with Crippen molar-refractivity contribution < 1.29 is 14.3 Å². The van der Waals surface area contributed by atoms with E-state index in [1.807, 2.05) is 6.20 Å². The number of nitrogens with zero attached hydrogens (tertiary/aromatic N) is 3. The van der Waals surface area contributed by atoms with Crippen LogP contribution in [0.2, 0.25) is 0 Å². The van der Waals surface area contributed by atoms with Gasteiger partial charge in [0.15, 0.2) is 0 Å². The standard InChI is InChI=1S/C14H13N3O3/c1-16-7-9(6-15-16)8-17-12-4-3-10(20-2)5-11(12)13(18)14(17)19/h3-7H,8H2,1-2H3. The summed E-state index contributed by atoms with van der Waals surface area (Å²) < 4.78 is 6.74. The molecule has 0 saturated heterocycles. The van der Waals surface area contributed by atoms with Gasteiger partial charge < -0.3 is 9.64 Å². The largest absolute Gasteiger partial charge is 0.497 e. The highest BCUT2D eigenvalue weighted by Gasteiger charge is 2.36. The first kappa shape index (κ1) is 12.4. The van der Waals surface area contributed by atoms with Crippen LogP contribution in [0.5, 0.6) is 5.75 Å². The van der Waals surface area contributed by atoms with E-state index < -0.39 is 11.7 Å². The van der Waals surface area contributed by atoms with E-state index in [1.54, 1.807) is 36.1 Å². The lowest BCUT2D eigenvalue weighted by atomic mass is 10.1. The SMILES string of the molecule is COc1ccc2c(c1)C(=O)C(=O)N2Cc1cnn(C)c1. The summed E-state index contributed by atoms with van der Waals surface area (Å²) in [4.78, 5) is 25.6. The number of carbonyl (C=O) groups is 2. The number of aryl methyl sites for hydroxylation is 1. The minimum atomic E-state index is -0.517. The van der Waals surface area contributed by atoms with E-state index in [0.29, 0.717) is 23.5 Å². The number of Topliss-reactive ketones (excluding diaryl/α,β-unsaturated/α-hetero) is 1. The highest BCUT2D eigenvalue weighted by Crippen LogP contribution is 2.32. The van der Waals surface area contributed by atoms with Gasteiger partial charge in [-0.1, -0.05) is 0 Å². The summed E-state index contributed by atoms with van der Waals surface area (Å²) in [6.45, 7) is 0.331. The third kappa shape index (κ3) is 1.85. The number of hydrogen-bond donors (Lipinski definition) is 0.